The number of piperazine rings is 1. The van der Waals surface area contributed by atoms with Crippen molar-refractivity contribution in [1.29, 1.82) is 0 Å². The van der Waals surface area contributed by atoms with Crippen LogP contribution in [-0.4, -0.2) is 41.9 Å². The summed E-state index contributed by atoms with van der Waals surface area (Å²) in [7, 11) is 0. The molecule has 1 heterocycles. The molecule has 6 heteroatoms. The van der Waals surface area contributed by atoms with Gasteiger partial charge >= 0.3 is 0 Å². The Bertz CT molecular complexity index is 728. The van der Waals surface area contributed by atoms with Crippen LogP contribution in [0.3, 0.4) is 0 Å². The van der Waals surface area contributed by atoms with E-state index in [-0.39, 0.29) is 5.91 Å². The first-order valence-corrected chi connectivity index (χ1v) is 9.29. The van der Waals surface area contributed by atoms with Gasteiger partial charge < -0.3 is 4.90 Å². The second-order valence-corrected chi connectivity index (χ2v) is 7.55. The summed E-state index contributed by atoms with van der Waals surface area (Å²) < 4.78 is 0.977. The molecule has 1 fully saturated rings. The van der Waals surface area contributed by atoms with E-state index in [4.69, 9.17) is 23.2 Å². The van der Waals surface area contributed by atoms with E-state index >= 15 is 0 Å². The van der Waals surface area contributed by atoms with Gasteiger partial charge in [-0.2, -0.15) is 0 Å². The van der Waals surface area contributed by atoms with Crippen LogP contribution in [0.4, 0.5) is 0 Å². The highest BCUT2D eigenvalue weighted by atomic mass is 79.9. The van der Waals surface area contributed by atoms with Crippen molar-refractivity contribution in [3.63, 3.8) is 0 Å². The molecule has 0 aromatic heterocycles. The van der Waals surface area contributed by atoms with E-state index in [2.05, 4.69) is 20.8 Å². The molecule has 3 rings (SSSR count). The van der Waals surface area contributed by atoms with Gasteiger partial charge in [0.25, 0.3) is 5.91 Å². The summed E-state index contributed by atoms with van der Waals surface area (Å²) >= 11 is 15.4. The first-order valence-electron chi connectivity index (χ1n) is 7.74. The maximum atomic E-state index is 12.5. The fraction of sp³-hybridized carbons (Fsp3) is 0.278. The Morgan fingerprint density at radius 1 is 0.958 bits per heavy atom. The molecule has 1 aliphatic heterocycles. The maximum absolute atomic E-state index is 12.5. The first kappa shape index (κ1) is 17.7. The molecule has 0 unspecified atom stereocenters. The second-order valence-electron chi connectivity index (χ2n) is 5.82. The smallest absolute Gasteiger partial charge is 0.253 e. The lowest BCUT2D eigenvalue weighted by atomic mass is 10.1. The van der Waals surface area contributed by atoms with Crippen molar-refractivity contribution in [2.45, 2.75) is 6.54 Å². The molecule has 0 radical (unpaired) electrons. The molecule has 0 N–H and O–H groups in total. The number of benzene rings is 2. The molecular weight excluding hydrogens is 411 g/mol. The van der Waals surface area contributed by atoms with Crippen molar-refractivity contribution in [2.24, 2.45) is 0 Å². The number of carbonyl (C=O) groups excluding carboxylic acids is 1. The number of nitrogens with zero attached hydrogens (tertiary/aromatic N) is 2. The van der Waals surface area contributed by atoms with Gasteiger partial charge in [0.15, 0.2) is 0 Å². The fourth-order valence-electron chi connectivity index (χ4n) is 2.78. The molecule has 1 aliphatic rings. The molecule has 0 atom stereocenters. The van der Waals surface area contributed by atoms with Crippen LogP contribution in [-0.2, 0) is 6.54 Å². The zero-order valence-corrected chi connectivity index (χ0v) is 16.1. The molecule has 0 saturated carbocycles. The topological polar surface area (TPSA) is 23.6 Å². The number of rotatable bonds is 3. The third-order valence-corrected chi connectivity index (χ3v) is 5.41. The van der Waals surface area contributed by atoms with E-state index < -0.39 is 0 Å². The van der Waals surface area contributed by atoms with Crippen molar-refractivity contribution in [1.82, 2.24) is 9.80 Å². The predicted molar refractivity (Wildman–Crippen MR) is 102 cm³/mol. The predicted octanol–water partition coefficient (Wildman–Crippen LogP) is 4.71. The van der Waals surface area contributed by atoms with Crippen LogP contribution in [0.2, 0.25) is 10.0 Å². The molecule has 1 saturated heterocycles. The van der Waals surface area contributed by atoms with Crippen LogP contribution in [0.25, 0.3) is 0 Å². The number of hydrogen-bond acceptors (Lipinski definition) is 2. The van der Waals surface area contributed by atoms with Gasteiger partial charge in [0.2, 0.25) is 0 Å². The van der Waals surface area contributed by atoms with Crippen molar-refractivity contribution in [2.75, 3.05) is 26.2 Å². The van der Waals surface area contributed by atoms with Crippen molar-refractivity contribution in [3.8, 4) is 0 Å². The van der Waals surface area contributed by atoms with E-state index in [0.29, 0.717) is 10.0 Å². The minimum atomic E-state index is 0.0942. The molecule has 3 nitrogen and oxygen atoms in total. The van der Waals surface area contributed by atoms with Crippen molar-refractivity contribution in [3.05, 3.63) is 68.1 Å². The average molecular weight is 428 g/mol. The summed E-state index contributed by atoms with van der Waals surface area (Å²) in [5.74, 6) is 0.0942. The van der Waals surface area contributed by atoms with E-state index in [1.807, 2.05) is 47.4 Å². The van der Waals surface area contributed by atoms with Crippen molar-refractivity contribution < 1.29 is 4.79 Å². The standard InChI is InChI=1S/C18H17BrCl2N2O/c19-15-4-2-14(3-5-15)18(24)23-9-7-22(8-10-23)12-13-1-6-16(20)17(21)11-13/h1-6,11H,7-10,12H2. The van der Waals surface area contributed by atoms with Crippen LogP contribution < -0.4 is 0 Å². The third kappa shape index (κ3) is 4.31. The minimum absolute atomic E-state index is 0.0942. The summed E-state index contributed by atoms with van der Waals surface area (Å²) in [6, 6.07) is 13.2. The van der Waals surface area contributed by atoms with Gasteiger partial charge in [-0.1, -0.05) is 45.2 Å². The number of amides is 1. The zero-order chi connectivity index (χ0) is 17.1. The minimum Gasteiger partial charge on any atom is -0.336 e. The maximum Gasteiger partial charge on any atom is 0.253 e. The second kappa shape index (κ2) is 7.87. The van der Waals surface area contributed by atoms with E-state index in [1.165, 1.54) is 0 Å². The SMILES string of the molecule is O=C(c1ccc(Br)cc1)N1CCN(Cc2ccc(Cl)c(Cl)c2)CC1. The Morgan fingerprint density at radius 2 is 1.62 bits per heavy atom. The van der Waals surface area contributed by atoms with Crippen LogP contribution in [0.15, 0.2) is 46.9 Å². The Balaban J connectivity index is 1.56. The van der Waals surface area contributed by atoms with Crippen molar-refractivity contribution >= 4 is 45.0 Å². The molecule has 0 aliphatic carbocycles. The van der Waals surface area contributed by atoms with Crippen LogP contribution in [0.5, 0.6) is 0 Å². The van der Waals surface area contributed by atoms with Gasteiger partial charge in [-0.25, -0.2) is 0 Å². The Labute approximate surface area is 160 Å². The number of carbonyl (C=O) groups is 1. The normalized spacial score (nSPS) is 15.5. The molecule has 2 aromatic carbocycles. The van der Waals surface area contributed by atoms with E-state index in [0.717, 1.165) is 48.3 Å². The van der Waals surface area contributed by atoms with E-state index in [9.17, 15) is 4.79 Å². The van der Waals surface area contributed by atoms with Gasteiger partial charge in [-0.05, 0) is 42.0 Å². The highest BCUT2D eigenvalue weighted by molar-refractivity contribution is 9.10. The highest BCUT2D eigenvalue weighted by Crippen LogP contribution is 2.23. The number of halogens is 3. The quantitative estimate of drug-likeness (QED) is 0.707. The molecule has 24 heavy (non-hydrogen) atoms. The zero-order valence-electron chi connectivity index (χ0n) is 13.0. The Hall–Kier alpha value is -1.07. The van der Waals surface area contributed by atoms with Gasteiger partial charge in [0, 0.05) is 42.8 Å². The largest absolute Gasteiger partial charge is 0.336 e. The Kier molecular flexibility index (Phi) is 5.82. The summed E-state index contributed by atoms with van der Waals surface area (Å²) in [6.45, 7) is 3.98. The lowest BCUT2D eigenvalue weighted by Gasteiger charge is -2.34. The van der Waals surface area contributed by atoms with Crippen LogP contribution >= 0.6 is 39.1 Å². The molecular formula is C18H17BrCl2N2O. The summed E-state index contributed by atoms with van der Waals surface area (Å²) in [5, 5.41) is 1.16. The monoisotopic (exact) mass is 426 g/mol. The lowest BCUT2D eigenvalue weighted by molar-refractivity contribution is 0.0628. The highest BCUT2D eigenvalue weighted by Gasteiger charge is 2.22. The van der Waals surface area contributed by atoms with Gasteiger partial charge in [-0.15, -0.1) is 0 Å². The number of hydrogen-bond donors (Lipinski definition) is 0. The summed E-state index contributed by atoms with van der Waals surface area (Å²) in [5.41, 5.74) is 1.87. The lowest BCUT2D eigenvalue weighted by Crippen LogP contribution is -2.48. The molecule has 1 amide bonds. The molecule has 0 spiro atoms. The van der Waals surface area contributed by atoms with Gasteiger partial charge in [-0.3, -0.25) is 9.69 Å². The summed E-state index contributed by atoms with van der Waals surface area (Å²) in [4.78, 5) is 16.8. The van der Waals surface area contributed by atoms with Crippen LogP contribution in [0, 0.1) is 0 Å². The molecule has 2 aromatic rings. The molecule has 126 valence electrons. The van der Waals surface area contributed by atoms with Crippen LogP contribution in [0.1, 0.15) is 15.9 Å². The molecule has 0 bridgehead atoms. The Morgan fingerprint density at radius 3 is 2.25 bits per heavy atom. The average Bonchev–Trinajstić information content (AvgIpc) is 2.59. The third-order valence-electron chi connectivity index (χ3n) is 4.14. The van der Waals surface area contributed by atoms with Gasteiger partial charge in [0.1, 0.15) is 0 Å². The van der Waals surface area contributed by atoms with Gasteiger partial charge in [0.05, 0.1) is 10.0 Å². The first-order chi connectivity index (χ1) is 11.5. The summed E-state index contributed by atoms with van der Waals surface area (Å²) in [6.07, 6.45) is 0. The fourth-order valence-corrected chi connectivity index (χ4v) is 3.37. The van der Waals surface area contributed by atoms with E-state index in [1.54, 1.807) is 0 Å².